The number of rotatable bonds is 1. The molecule has 1 N–H and O–H groups in total. The first-order valence-corrected chi connectivity index (χ1v) is 6.07. The fourth-order valence-electron chi connectivity index (χ4n) is 2.62. The van der Waals surface area contributed by atoms with E-state index in [2.05, 4.69) is 11.9 Å². The fourth-order valence-corrected chi connectivity index (χ4v) is 2.94. The third kappa shape index (κ3) is 1.50. The topological polar surface area (TPSA) is 32.3 Å². The zero-order valence-electron chi connectivity index (χ0n) is 9.37. The number of halogens is 1. The van der Waals surface area contributed by atoms with E-state index in [0.29, 0.717) is 10.6 Å². The predicted octanol–water partition coefficient (Wildman–Crippen LogP) is 2.08. The van der Waals surface area contributed by atoms with Gasteiger partial charge in [0.2, 0.25) is 0 Å². The SMILES string of the molecule is C=Cc1cc(Cl)c2c(c1)C1CNCCN1C2=O. The fraction of sp³-hybridized carbons (Fsp3) is 0.308. The van der Waals surface area contributed by atoms with E-state index < -0.39 is 0 Å². The van der Waals surface area contributed by atoms with Gasteiger partial charge in [-0.25, -0.2) is 0 Å². The van der Waals surface area contributed by atoms with Crippen LogP contribution in [0.25, 0.3) is 6.08 Å². The summed E-state index contributed by atoms with van der Waals surface area (Å²) < 4.78 is 0. The highest BCUT2D eigenvalue weighted by Crippen LogP contribution is 2.38. The summed E-state index contributed by atoms with van der Waals surface area (Å²) in [7, 11) is 0. The van der Waals surface area contributed by atoms with Gasteiger partial charge in [0, 0.05) is 19.6 Å². The van der Waals surface area contributed by atoms with Gasteiger partial charge in [0.1, 0.15) is 0 Å². The molecule has 2 aliphatic heterocycles. The van der Waals surface area contributed by atoms with Crippen molar-refractivity contribution in [3.8, 4) is 0 Å². The normalized spacial score (nSPS) is 22.3. The van der Waals surface area contributed by atoms with E-state index in [1.165, 1.54) is 0 Å². The summed E-state index contributed by atoms with van der Waals surface area (Å²) in [5.41, 5.74) is 2.67. The largest absolute Gasteiger partial charge is 0.329 e. The number of hydrogen-bond acceptors (Lipinski definition) is 2. The highest BCUT2D eigenvalue weighted by atomic mass is 35.5. The van der Waals surface area contributed by atoms with Gasteiger partial charge in [-0.15, -0.1) is 0 Å². The Morgan fingerprint density at radius 1 is 1.53 bits per heavy atom. The van der Waals surface area contributed by atoms with Gasteiger partial charge >= 0.3 is 0 Å². The van der Waals surface area contributed by atoms with Crippen LogP contribution in [0, 0.1) is 0 Å². The average Bonchev–Trinajstić information content (AvgIpc) is 2.64. The van der Waals surface area contributed by atoms with Crippen LogP contribution in [-0.2, 0) is 0 Å². The Morgan fingerprint density at radius 2 is 2.35 bits per heavy atom. The number of amides is 1. The van der Waals surface area contributed by atoms with Crippen LogP contribution in [0.2, 0.25) is 5.02 Å². The first kappa shape index (κ1) is 10.8. The Bertz CT molecular complexity index is 512. The zero-order chi connectivity index (χ0) is 12.0. The number of nitrogens with one attached hydrogen (secondary N) is 1. The lowest BCUT2D eigenvalue weighted by Crippen LogP contribution is -2.44. The van der Waals surface area contributed by atoms with Crippen LogP contribution < -0.4 is 5.32 Å². The summed E-state index contributed by atoms with van der Waals surface area (Å²) in [6, 6.07) is 3.95. The Balaban J connectivity index is 2.17. The molecule has 1 aromatic carbocycles. The highest BCUT2D eigenvalue weighted by molar-refractivity contribution is 6.34. The molecule has 3 rings (SSSR count). The molecule has 0 aliphatic carbocycles. The lowest BCUT2D eigenvalue weighted by atomic mass is 10.0. The number of piperazine rings is 1. The molecule has 1 fully saturated rings. The molecule has 0 bridgehead atoms. The van der Waals surface area contributed by atoms with E-state index in [1.807, 2.05) is 11.0 Å². The van der Waals surface area contributed by atoms with E-state index in [0.717, 1.165) is 30.8 Å². The Morgan fingerprint density at radius 3 is 3.12 bits per heavy atom. The van der Waals surface area contributed by atoms with Crippen LogP contribution in [0.15, 0.2) is 18.7 Å². The van der Waals surface area contributed by atoms with E-state index >= 15 is 0 Å². The van der Waals surface area contributed by atoms with Gasteiger partial charge < -0.3 is 10.2 Å². The summed E-state index contributed by atoms with van der Waals surface area (Å²) in [5, 5.41) is 3.85. The second-order valence-corrected chi connectivity index (χ2v) is 4.80. The number of fused-ring (bicyclic) bond motifs is 3. The summed E-state index contributed by atoms with van der Waals surface area (Å²) in [4.78, 5) is 14.1. The Kier molecular flexibility index (Phi) is 2.45. The first-order chi connectivity index (χ1) is 8.22. The molecule has 3 nitrogen and oxygen atoms in total. The summed E-state index contributed by atoms with van der Waals surface area (Å²) in [5.74, 6) is 0.0621. The van der Waals surface area contributed by atoms with Crippen LogP contribution in [0.1, 0.15) is 27.5 Å². The van der Waals surface area contributed by atoms with Crippen molar-refractivity contribution < 1.29 is 4.79 Å². The maximum absolute atomic E-state index is 12.2. The van der Waals surface area contributed by atoms with Crippen molar-refractivity contribution in [2.45, 2.75) is 6.04 Å². The van der Waals surface area contributed by atoms with Crippen molar-refractivity contribution in [1.29, 1.82) is 0 Å². The van der Waals surface area contributed by atoms with Crippen molar-refractivity contribution in [1.82, 2.24) is 10.2 Å². The van der Waals surface area contributed by atoms with Gasteiger partial charge in [0.05, 0.1) is 16.6 Å². The van der Waals surface area contributed by atoms with Crippen LogP contribution in [0.5, 0.6) is 0 Å². The molecule has 1 aromatic rings. The molecule has 0 radical (unpaired) electrons. The van der Waals surface area contributed by atoms with Crippen LogP contribution in [0.4, 0.5) is 0 Å². The van der Waals surface area contributed by atoms with Gasteiger partial charge in [-0.2, -0.15) is 0 Å². The second-order valence-electron chi connectivity index (χ2n) is 4.39. The summed E-state index contributed by atoms with van der Waals surface area (Å²) >= 11 is 6.20. The lowest BCUT2D eigenvalue weighted by Gasteiger charge is -2.30. The predicted molar refractivity (Wildman–Crippen MR) is 68.2 cm³/mol. The molecule has 1 saturated heterocycles. The molecular formula is C13H13ClN2O. The highest BCUT2D eigenvalue weighted by Gasteiger charge is 2.39. The molecular weight excluding hydrogens is 236 g/mol. The molecule has 1 amide bonds. The molecule has 1 unspecified atom stereocenters. The summed E-state index contributed by atoms with van der Waals surface area (Å²) in [6.07, 6.45) is 1.76. The Hall–Kier alpha value is -1.32. The zero-order valence-corrected chi connectivity index (χ0v) is 10.1. The minimum atomic E-state index is 0.0621. The quantitative estimate of drug-likeness (QED) is 0.825. The molecule has 0 saturated carbocycles. The van der Waals surface area contributed by atoms with Gasteiger partial charge in [-0.3, -0.25) is 4.79 Å². The average molecular weight is 249 g/mol. The molecule has 0 aromatic heterocycles. The minimum Gasteiger partial charge on any atom is -0.329 e. The van der Waals surface area contributed by atoms with Crippen molar-refractivity contribution >= 4 is 23.6 Å². The van der Waals surface area contributed by atoms with Crippen molar-refractivity contribution in [2.24, 2.45) is 0 Å². The van der Waals surface area contributed by atoms with Crippen LogP contribution in [-0.4, -0.2) is 30.4 Å². The molecule has 17 heavy (non-hydrogen) atoms. The number of hydrogen-bond donors (Lipinski definition) is 1. The third-order valence-corrected chi connectivity index (χ3v) is 3.75. The maximum atomic E-state index is 12.2. The van der Waals surface area contributed by atoms with Crippen LogP contribution in [0.3, 0.4) is 0 Å². The Labute approximate surface area is 105 Å². The van der Waals surface area contributed by atoms with Gasteiger partial charge in [0.15, 0.2) is 0 Å². The smallest absolute Gasteiger partial charge is 0.256 e. The first-order valence-electron chi connectivity index (χ1n) is 5.70. The number of benzene rings is 1. The minimum absolute atomic E-state index is 0.0621. The van der Waals surface area contributed by atoms with E-state index in [1.54, 1.807) is 12.1 Å². The second kappa shape index (κ2) is 3.86. The molecule has 1 atom stereocenters. The standard InChI is InChI=1S/C13H13ClN2O/c1-2-8-5-9-11-7-15-3-4-16(11)13(17)12(9)10(14)6-8/h2,5-6,11,15H,1,3-4,7H2. The number of carbonyl (C=O) groups excluding carboxylic acids is 1. The van der Waals surface area contributed by atoms with Crippen molar-refractivity contribution in [3.05, 3.63) is 40.4 Å². The van der Waals surface area contributed by atoms with E-state index in [4.69, 9.17) is 11.6 Å². The van der Waals surface area contributed by atoms with Gasteiger partial charge in [0.25, 0.3) is 5.91 Å². The molecule has 2 aliphatic rings. The molecule has 2 heterocycles. The van der Waals surface area contributed by atoms with E-state index in [9.17, 15) is 4.79 Å². The lowest BCUT2D eigenvalue weighted by molar-refractivity contribution is 0.0691. The summed E-state index contributed by atoms with van der Waals surface area (Å²) in [6.45, 7) is 6.15. The van der Waals surface area contributed by atoms with Gasteiger partial charge in [-0.1, -0.05) is 24.3 Å². The van der Waals surface area contributed by atoms with Crippen LogP contribution >= 0.6 is 11.6 Å². The van der Waals surface area contributed by atoms with E-state index in [-0.39, 0.29) is 11.9 Å². The molecule has 88 valence electrons. The number of carbonyl (C=O) groups is 1. The van der Waals surface area contributed by atoms with Crippen molar-refractivity contribution in [3.63, 3.8) is 0 Å². The van der Waals surface area contributed by atoms with Crippen molar-refractivity contribution in [2.75, 3.05) is 19.6 Å². The molecule has 0 spiro atoms. The maximum Gasteiger partial charge on any atom is 0.256 e. The third-order valence-electron chi connectivity index (χ3n) is 3.46. The monoisotopic (exact) mass is 248 g/mol. The molecule has 4 heteroatoms. The van der Waals surface area contributed by atoms with Gasteiger partial charge in [-0.05, 0) is 23.3 Å². The number of nitrogens with zero attached hydrogens (tertiary/aromatic N) is 1.